The third kappa shape index (κ3) is 4.61. The zero-order valence-electron chi connectivity index (χ0n) is 7.04. The molecule has 0 fully saturated rings. The van der Waals surface area contributed by atoms with Crippen molar-refractivity contribution in [3.8, 4) is 0 Å². The molecular formula is C7H15N2O2. The van der Waals surface area contributed by atoms with Crippen LogP contribution in [-0.4, -0.2) is 30.7 Å². The Labute approximate surface area is 67.3 Å². The number of nitrogens with zero attached hydrogens (tertiary/aromatic N) is 1. The minimum absolute atomic E-state index is 0.438. The number of primary amides is 1. The summed E-state index contributed by atoms with van der Waals surface area (Å²) in [6, 6.07) is -0.438. The van der Waals surface area contributed by atoms with Gasteiger partial charge in [0.15, 0.2) is 0 Å². The fourth-order valence-electron chi connectivity index (χ4n) is 0.674. The number of urea groups is 1. The molecule has 0 aliphatic carbocycles. The molecule has 0 atom stereocenters. The molecule has 0 saturated heterocycles. The van der Waals surface area contributed by atoms with E-state index in [9.17, 15) is 4.79 Å². The minimum atomic E-state index is -0.438. The molecule has 0 aromatic carbocycles. The van der Waals surface area contributed by atoms with Crippen molar-refractivity contribution in [3.63, 3.8) is 0 Å². The molecule has 0 saturated carbocycles. The molecule has 4 nitrogen and oxygen atoms in total. The van der Waals surface area contributed by atoms with Crippen LogP contribution in [0.1, 0.15) is 13.8 Å². The molecule has 65 valence electrons. The van der Waals surface area contributed by atoms with Crippen LogP contribution >= 0.6 is 0 Å². The lowest BCUT2D eigenvalue weighted by Gasteiger charge is -2.16. The molecule has 0 unspecified atom stereocenters. The lowest BCUT2D eigenvalue weighted by Crippen LogP contribution is -2.35. The first-order valence-electron chi connectivity index (χ1n) is 3.65. The van der Waals surface area contributed by atoms with Gasteiger partial charge in [0.25, 0.3) is 0 Å². The Bertz CT molecular complexity index is 117. The second kappa shape index (κ2) is 5.97. The Balaban J connectivity index is 3.44. The van der Waals surface area contributed by atoms with Crippen LogP contribution in [0.3, 0.4) is 0 Å². The van der Waals surface area contributed by atoms with E-state index in [2.05, 4.69) is 0 Å². The van der Waals surface area contributed by atoms with Crippen LogP contribution in [0, 0.1) is 6.54 Å². The van der Waals surface area contributed by atoms with Crippen LogP contribution in [-0.2, 0) is 4.74 Å². The first kappa shape index (κ1) is 10.2. The zero-order chi connectivity index (χ0) is 8.69. The first-order chi connectivity index (χ1) is 5.22. The lowest BCUT2D eigenvalue weighted by atomic mass is 10.5. The molecule has 0 aliphatic rings. The predicted octanol–water partition coefficient (Wildman–Crippen LogP) is 0.585. The lowest BCUT2D eigenvalue weighted by molar-refractivity contribution is 0.128. The van der Waals surface area contributed by atoms with Crippen molar-refractivity contribution in [2.75, 3.05) is 19.8 Å². The molecule has 0 spiro atoms. The molecule has 0 bridgehead atoms. The van der Waals surface area contributed by atoms with Gasteiger partial charge in [0.2, 0.25) is 0 Å². The number of ether oxygens (including phenoxy) is 1. The number of amides is 2. The van der Waals surface area contributed by atoms with Gasteiger partial charge in [-0.15, -0.1) is 0 Å². The van der Waals surface area contributed by atoms with Crippen molar-refractivity contribution >= 4 is 6.03 Å². The fraction of sp³-hybridized carbons (Fsp3) is 0.714. The van der Waals surface area contributed by atoms with E-state index in [0.29, 0.717) is 19.8 Å². The number of hydrogen-bond donors (Lipinski definition) is 1. The Morgan fingerprint density at radius 2 is 2.36 bits per heavy atom. The molecule has 0 rings (SSSR count). The van der Waals surface area contributed by atoms with E-state index in [1.807, 2.05) is 6.92 Å². The molecule has 2 amide bonds. The van der Waals surface area contributed by atoms with Crippen LogP contribution in [0.2, 0.25) is 0 Å². The van der Waals surface area contributed by atoms with Crippen LogP contribution in [0.4, 0.5) is 4.79 Å². The standard InChI is InChI=1S/C7H15N2O2/c1-3-9(7(8)10)5-6-11-4-2/h3H,4-6H2,1-2H3,(H2,8,10). The zero-order valence-corrected chi connectivity index (χ0v) is 7.04. The summed E-state index contributed by atoms with van der Waals surface area (Å²) in [5.74, 6) is 0. The third-order valence-corrected chi connectivity index (χ3v) is 1.28. The Kier molecular flexibility index (Phi) is 5.56. The van der Waals surface area contributed by atoms with Crippen molar-refractivity contribution in [2.45, 2.75) is 13.8 Å². The highest BCUT2D eigenvalue weighted by Gasteiger charge is 2.05. The first-order valence-corrected chi connectivity index (χ1v) is 3.65. The quantitative estimate of drug-likeness (QED) is 0.597. The SMILES string of the molecule is C[CH]N(CCOCC)C(N)=O. The topological polar surface area (TPSA) is 55.6 Å². The maximum absolute atomic E-state index is 10.6. The average molecular weight is 159 g/mol. The Morgan fingerprint density at radius 1 is 1.73 bits per heavy atom. The molecule has 11 heavy (non-hydrogen) atoms. The monoisotopic (exact) mass is 159 g/mol. The fourth-order valence-corrected chi connectivity index (χ4v) is 0.674. The van der Waals surface area contributed by atoms with Gasteiger partial charge in [0, 0.05) is 13.2 Å². The second-order valence-electron chi connectivity index (χ2n) is 1.99. The molecule has 1 radical (unpaired) electrons. The summed E-state index contributed by atoms with van der Waals surface area (Å²) < 4.78 is 5.05. The summed E-state index contributed by atoms with van der Waals surface area (Å²) in [5, 5.41) is 0. The van der Waals surface area contributed by atoms with Gasteiger partial charge in [-0.1, -0.05) is 0 Å². The van der Waals surface area contributed by atoms with Crippen molar-refractivity contribution in [1.29, 1.82) is 0 Å². The summed E-state index contributed by atoms with van der Waals surface area (Å²) in [6.07, 6.45) is 0. The van der Waals surface area contributed by atoms with Crippen molar-refractivity contribution in [1.82, 2.24) is 4.90 Å². The average Bonchev–Trinajstić information content (AvgIpc) is 1.97. The highest BCUT2D eigenvalue weighted by Crippen LogP contribution is 1.90. The van der Waals surface area contributed by atoms with Crippen LogP contribution in [0.5, 0.6) is 0 Å². The van der Waals surface area contributed by atoms with Crippen LogP contribution in [0.15, 0.2) is 0 Å². The Hall–Kier alpha value is -0.770. The predicted molar refractivity (Wildman–Crippen MR) is 42.8 cm³/mol. The molecule has 0 aliphatic heterocycles. The Morgan fingerprint density at radius 3 is 2.73 bits per heavy atom. The van der Waals surface area contributed by atoms with E-state index < -0.39 is 6.03 Å². The second-order valence-corrected chi connectivity index (χ2v) is 1.99. The van der Waals surface area contributed by atoms with E-state index in [1.54, 1.807) is 13.5 Å². The number of hydrogen-bond acceptors (Lipinski definition) is 2. The number of nitrogens with two attached hydrogens (primary N) is 1. The van der Waals surface area contributed by atoms with Gasteiger partial charge in [-0.05, 0) is 13.8 Å². The molecule has 0 aromatic heterocycles. The summed E-state index contributed by atoms with van der Waals surface area (Å²) in [6.45, 7) is 7.03. The minimum Gasteiger partial charge on any atom is -0.380 e. The maximum Gasteiger partial charge on any atom is 0.315 e. The van der Waals surface area contributed by atoms with Crippen molar-refractivity contribution < 1.29 is 9.53 Å². The van der Waals surface area contributed by atoms with E-state index >= 15 is 0 Å². The molecular weight excluding hydrogens is 144 g/mol. The smallest absolute Gasteiger partial charge is 0.315 e. The van der Waals surface area contributed by atoms with E-state index in [-0.39, 0.29) is 0 Å². The van der Waals surface area contributed by atoms with E-state index in [0.717, 1.165) is 0 Å². The molecule has 4 heteroatoms. The summed E-state index contributed by atoms with van der Waals surface area (Å²) >= 11 is 0. The van der Waals surface area contributed by atoms with Gasteiger partial charge in [0.05, 0.1) is 13.2 Å². The van der Waals surface area contributed by atoms with Gasteiger partial charge < -0.3 is 15.4 Å². The maximum atomic E-state index is 10.6. The van der Waals surface area contributed by atoms with Gasteiger partial charge in [-0.3, -0.25) is 0 Å². The summed E-state index contributed by atoms with van der Waals surface area (Å²) in [5.41, 5.74) is 5.03. The van der Waals surface area contributed by atoms with Crippen LogP contribution < -0.4 is 5.73 Å². The van der Waals surface area contributed by atoms with Gasteiger partial charge >= 0.3 is 6.03 Å². The summed E-state index contributed by atoms with van der Waals surface area (Å²) in [7, 11) is 0. The number of carbonyl (C=O) groups is 1. The molecule has 0 aromatic rings. The van der Waals surface area contributed by atoms with Crippen LogP contribution in [0.25, 0.3) is 0 Å². The number of carbonyl (C=O) groups excluding carboxylic acids is 1. The largest absolute Gasteiger partial charge is 0.380 e. The van der Waals surface area contributed by atoms with Crippen molar-refractivity contribution in [3.05, 3.63) is 6.54 Å². The highest BCUT2D eigenvalue weighted by atomic mass is 16.5. The summed E-state index contributed by atoms with van der Waals surface area (Å²) in [4.78, 5) is 12.0. The van der Waals surface area contributed by atoms with Gasteiger partial charge in [-0.25, -0.2) is 4.79 Å². The molecule has 2 N–H and O–H groups in total. The van der Waals surface area contributed by atoms with Crippen molar-refractivity contribution in [2.24, 2.45) is 5.73 Å². The highest BCUT2D eigenvalue weighted by molar-refractivity contribution is 5.72. The normalized spacial score (nSPS) is 9.64. The number of rotatable bonds is 5. The third-order valence-electron chi connectivity index (χ3n) is 1.28. The van der Waals surface area contributed by atoms with E-state index in [4.69, 9.17) is 10.5 Å². The molecule has 0 heterocycles. The van der Waals surface area contributed by atoms with E-state index in [1.165, 1.54) is 4.90 Å². The van der Waals surface area contributed by atoms with Gasteiger partial charge in [-0.2, -0.15) is 0 Å². The van der Waals surface area contributed by atoms with Gasteiger partial charge in [0.1, 0.15) is 0 Å².